The van der Waals surface area contributed by atoms with Gasteiger partial charge >= 0.3 is 6.09 Å². The van der Waals surface area contributed by atoms with Gasteiger partial charge in [0.15, 0.2) is 0 Å². The molecule has 0 spiro atoms. The molecule has 2 atom stereocenters. The third-order valence-corrected chi connectivity index (χ3v) is 6.77. The summed E-state index contributed by atoms with van der Waals surface area (Å²) in [5.41, 5.74) is 1.25. The van der Waals surface area contributed by atoms with Crippen molar-refractivity contribution in [3.8, 4) is 0 Å². The Morgan fingerprint density at radius 3 is 2.38 bits per heavy atom. The van der Waals surface area contributed by atoms with Crippen LogP contribution in [0, 0.1) is 5.82 Å². The molecule has 0 radical (unpaired) electrons. The van der Waals surface area contributed by atoms with E-state index in [0.717, 1.165) is 41.7 Å². The van der Waals surface area contributed by atoms with Gasteiger partial charge in [-0.15, -0.1) is 0 Å². The van der Waals surface area contributed by atoms with Crippen LogP contribution in [-0.4, -0.2) is 42.1 Å². The molecule has 1 amide bonds. The fourth-order valence-corrected chi connectivity index (χ4v) is 4.43. The zero-order valence-corrected chi connectivity index (χ0v) is 18.2. The summed E-state index contributed by atoms with van der Waals surface area (Å²) in [5.74, 6) is -0.278. The van der Waals surface area contributed by atoms with E-state index >= 15 is 0 Å². The van der Waals surface area contributed by atoms with Crippen LogP contribution in [0.25, 0.3) is 0 Å². The van der Waals surface area contributed by atoms with Crippen molar-refractivity contribution < 1.29 is 13.9 Å². The maximum Gasteiger partial charge on any atom is 0.411 e. The van der Waals surface area contributed by atoms with Crippen LogP contribution < -0.4 is 0 Å². The van der Waals surface area contributed by atoms with Gasteiger partial charge in [-0.1, -0.05) is 40.2 Å². The third-order valence-electron chi connectivity index (χ3n) is 6.24. The minimum Gasteiger partial charge on any atom is -0.438 e. The number of amides is 1. The first-order chi connectivity index (χ1) is 14.0. The summed E-state index contributed by atoms with van der Waals surface area (Å²) in [7, 11) is 0. The molecule has 2 heterocycles. The van der Waals surface area contributed by atoms with Crippen LogP contribution in [0.4, 0.5) is 9.18 Å². The van der Waals surface area contributed by atoms with E-state index in [1.807, 2.05) is 31.2 Å². The van der Waals surface area contributed by atoms with Gasteiger partial charge in [0.25, 0.3) is 0 Å². The molecule has 29 heavy (non-hydrogen) atoms. The maximum absolute atomic E-state index is 13.5. The van der Waals surface area contributed by atoms with Gasteiger partial charge in [0.2, 0.25) is 0 Å². The monoisotopic (exact) mass is 460 g/mol. The predicted octanol–water partition coefficient (Wildman–Crippen LogP) is 5.48. The summed E-state index contributed by atoms with van der Waals surface area (Å²) in [4.78, 5) is 17.2. The highest BCUT2D eigenvalue weighted by Crippen LogP contribution is 2.40. The van der Waals surface area contributed by atoms with Crippen LogP contribution in [0.5, 0.6) is 0 Å². The van der Waals surface area contributed by atoms with E-state index in [1.165, 1.54) is 18.6 Å². The van der Waals surface area contributed by atoms with Gasteiger partial charge in [0, 0.05) is 30.4 Å². The molecule has 0 bridgehead atoms. The standard InChI is InChI=1S/C23H26BrFN2O2/c1-17(18-3-7-20(24)8-4-18)27-16-12-23(29-22(27)28,11-15-26-13-2-14-26)19-5-9-21(25)10-6-19/h3-10,17H,2,11-16H2,1H3/t17-,23?/m0/s1. The molecule has 2 aromatic rings. The molecule has 154 valence electrons. The Morgan fingerprint density at radius 2 is 1.79 bits per heavy atom. The van der Waals surface area contributed by atoms with Crippen LogP contribution >= 0.6 is 15.9 Å². The van der Waals surface area contributed by atoms with Crippen molar-refractivity contribution >= 4 is 22.0 Å². The smallest absolute Gasteiger partial charge is 0.411 e. The average molecular weight is 461 g/mol. The molecule has 2 aliphatic heterocycles. The van der Waals surface area contributed by atoms with E-state index < -0.39 is 5.60 Å². The molecule has 2 aliphatic rings. The summed E-state index contributed by atoms with van der Waals surface area (Å²) in [6.07, 6.45) is 2.34. The molecule has 0 N–H and O–H groups in total. The van der Waals surface area contributed by atoms with Crippen LogP contribution in [-0.2, 0) is 10.3 Å². The lowest BCUT2D eigenvalue weighted by Gasteiger charge is -2.45. The van der Waals surface area contributed by atoms with Crippen LogP contribution in [0.2, 0.25) is 0 Å². The normalized spacial score (nSPS) is 23.4. The lowest BCUT2D eigenvalue weighted by molar-refractivity contribution is -0.0712. The van der Waals surface area contributed by atoms with Crippen LogP contribution in [0.15, 0.2) is 53.0 Å². The second-order valence-corrected chi connectivity index (χ2v) is 8.90. The number of hydrogen-bond donors (Lipinski definition) is 0. The largest absolute Gasteiger partial charge is 0.438 e. The van der Waals surface area contributed by atoms with E-state index in [1.54, 1.807) is 17.0 Å². The topological polar surface area (TPSA) is 32.8 Å². The lowest BCUT2D eigenvalue weighted by atomic mass is 9.85. The van der Waals surface area contributed by atoms with Crippen LogP contribution in [0.1, 0.15) is 43.4 Å². The van der Waals surface area contributed by atoms with Gasteiger partial charge in [-0.05, 0) is 61.8 Å². The zero-order chi connectivity index (χ0) is 20.4. The van der Waals surface area contributed by atoms with Crippen molar-refractivity contribution in [3.63, 3.8) is 0 Å². The van der Waals surface area contributed by atoms with Gasteiger partial charge in [-0.2, -0.15) is 0 Å². The number of nitrogens with zero attached hydrogens (tertiary/aromatic N) is 2. The first-order valence-corrected chi connectivity index (χ1v) is 11.0. The SMILES string of the molecule is C[C@@H](c1ccc(Br)cc1)N1CCC(CCN2CCC2)(c2ccc(F)cc2)OC1=O. The lowest BCUT2D eigenvalue weighted by Crippen LogP contribution is -2.50. The number of benzene rings is 2. The molecule has 1 unspecified atom stereocenters. The molecule has 0 saturated carbocycles. The van der Waals surface area contributed by atoms with Crippen molar-refractivity contribution in [3.05, 3.63) is 69.9 Å². The number of hydrogen-bond acceptors (Lipinski definition) is 3. The summed E-state index contributed by atoms with van der Waals surface area (Å²) >= 11 is 3.45. The Morgan fingerprint density at radius 1 is 1.10 bits per heavy atom. The average Bonchev–Trinajstić information content (AvgIpc) is 2.67. The van der Waals surface area contributed by atoms with Crippen molar-refractivity contribution in [2.24, 2.45) is 0 Å². The number of rotatable bonds is 6. The van der Waals surface area contributed by atoms with E-state index in [0.29, 0.717) is 13.0 Å². The quantitative estimate of drug-likeness (QED) is 0.571. The third kappa shape index (κ3) is 4.33. The number of halogens is 2. The number of carbonyl (C=O) groups excluding carboxylic acids is 1. The molecule has 6 heteroatoms. The number of likely N-dealkylation sites (tertiary alicyclic amines) is 1. The van der Waals surface area contributed by atoms with Gasteiger partial charge in [-0.25, -0.2) is 9.18 Å². The molecule has 2 aromatic carbocycles. The van der Waals surface area contributed by atoms with E-state index in [9.17, 15) is 9.18 Å². The Kier molecular flexibility index (Phi) is 5.93. The fraction of sp³-hybridized carbons (Fsp3) is 0.435. The molecular formula is C23H26BrFN2O2. The molecule has 2 fully saturated rings. The second kappa shape index (κ2) is 8.44. The van der Waals surface area contributed by atoms with Crippen molar-refractivity contribution in [1.29, 1.82) is 0 Å². The minimum atomic E-state index is -0.698. The van der Waals surface area contributed by atoms with Gasteiger partial charge < -0.3 is 14.5 Å². The Bertz CT molecular complexity index is 854. The Balaban J connectivity index is 1.53. The van der Waals surface area contributed by atoms with Gasteiger partial charge in [-0.3, -0.25) is 0 Å². The van der Waals surface area contributed by atoms with E-state index in [4.69, 9.17) is 4.74 Å². The molecule has 4 nitrogen and oxygen atoms in total. The molecule has 2 saturated heterocycles. The summed E-state index contributed by atoms with van der Waals surface area (Å²) in [6, 6.07) is 14.3. The zero-order valence-electron chi connectivity index (χ0n) is 16.6. The highest BCUT2D eigenvalue weighted by Gasteiger charge is 2.43. The van der Waals surface area contributed by atoms with Crippen molar-refractivity contribution in [2.75, 3.05) is 26.2 Å². The van der Waals surface area contributed by atoms with E-state index in [-0.39, 0.29) is 18.0 Å². The predicted molar refractivity (Wildman–Crippen MR) is 114 cm³/mol. The summed E-state index contributed by atoms with van der Waals surface area (Å²) in [6.45, 7) is 5.70. The summed E-state index contributed by atoms with van der Waals surface area (Å²) < 4.78 is 20.6. The Hall–Kier alpha value is -1.92. The highest BCUT2D eigenvalue weighted by molar-refractivity contribution is 9.10. The number of carbonyl (C=O) groups is 1. The maximum atomic E-state index is 13.5. The summed E-state index contributed by atoms with van der Waals surface area (Å²) in [5, 5.41) is 0. The molecule has 0 aliphatic carbocycles. The molecule has 0 aromatic heterocycles. The second-order valence-electron chi connectivity index (χ2n) is 7.99. The van der Waals surface area contributed by atoms with Crippen molar-refractivity contribution in [1.82, 2.24) is 9.80 Å². The molecule has 4 rings (SSSR count). The number of cyclic esters (lactones) is 1. The van der Waals surface area contributed by atoms with E-state index in [2.05, 4.69) is 20.8 Å². The minimum absolute atomic E-state index is 0.0720. The highest BCUT2D eigenvalue weighted by atomic mass is 79.9. The fourth-order valence-electron chi connectivity index (χ4n) is 4.16. The van der Waals surface area contributed by atoms with Gasteiger partial charge in [0.05, 0.1) is 6.04 Å². The number of ether oxygens (including phenoxy) is 1. The van der Waals surface area contributed by atoms with Crippen molar-refractivity contribution in [2.45, 2.75) is 37.8 Å². The Labute approximate surface area is 179 Å². The first-order valence-electron chi connectivity index (χ1n) is 10.2. The molecular weight excluding hydrogens is 435 g/mol. The van der Waals surface area contributed by atoms with Crippen LogP contribution in [0.3, 0.4) is 0 Å². The first kappa shape index (κ1) is 20.4. The van der Waals surface area contributed by atoms with Gasteiger partial charge in [0.1, 0.15) is 11.4 Å².